The molecule has 0 unspecified atom stereocenters. The summed E-state index contributed by atoms with van der Waals surface area (Å²) in [6, 6.07) is 2.46. The molecule has 2 rings (SSSR count). The van der Waals surface area contributed by atoms with Gasteiger partial charge in [-0.2, -0.15) is 5.10 Å². The second kappa shape index (κ2) is 6.13. The lowest BCUT2D eigenvalue weighted by atomic mass is 10.1. The van der Waals surface area contributed by atoms with Gasteiger partial charge in [0.1, 0.15) is 6.33 Å². The number of aromatic nitrogens is 4. The SMILES string of the molecule is Cc1cc(-n2nc(C)c(CCNC(C)C)c2C)ncn1. The molecule has 5 nitrogen and oxygen atoms in total. The average molecular weight is 273 g/mol. The van der Waals surface area contributed by atoms with Gasteiger partial charge in [0.2, 0.25) is 0 Å². The Kier molecular flexibility index (Phi) is 4.49. The summed E-state index contributed by atoms with van der Waals surface area (Å²) in [6.45, 7) is 11.4. The zero-order chi connectivity index (χ0) is 14.7. The molecule has 0 amide bonds. The Bertz CT molecular complexity index is 586. The van der Waals surface area contributed by atoms with E-state index >= 15 is 0 Å². The van der Waals surface area contributed by atoms with Crippen molar-refractivity contribution in [3.63, 3.8) is 0 Å². The van der Waals surface area contributed by atoms with Crippen molar-refractivity contribution in [3.05, 3.63) is 35.0 Å². The molecular formula is C15H23N5. The van der Waals surface area contributed by atoms with Crippen LogP contribution in [-0.4, -0.2) is 32.3 Å². The molecular weight excluding hydrogens is 250 g/mol. The summed E-state index contributed by atoms with van der Waals surface area (Å²) in [5.41, 5.74) is 4.48. The van der Waals surface area contributed by atoms with Crippen molar-refractivity contribution in [1.82, 2.24) is 25.1 Å². The second-order valence-electron chi connectivity index (χ2n) is 5.44. The molecule has 0 aromatic carbocycles. The first-order chi connectivity index (χ1) is 9.49. The van der Waals surface area contributed by atoms with Crippen molar-refractivity contribution >= 4 is 0 Å². The number of nitrogens with zero attached hydrogens (tertiary/aromatic N) is 4. The lowest BCUT2D eigenvalue weighted by Gasteiger charge is -2.08. The van der Waals surface area contributed by atoms with Gasteiger partial charge in [-0.05, 0) is 39.3 Å². The van der Waals surface area contributed by atoms with Crippen LogP contribution in [0.1, 0.15) is 36.5 Å². The molecule has 0 saturated carbocycles. The van der Waals surface area contributed by atoms with E-state index in [9.17, 15) is 0 Å². The zero-order valence-electron chi connectivity index (χ0n) is 12.9. The summed E-state index contributed by atoms with van der Waals surface area (Å²) in [5.74, 6) is 0.834. The van der Waals surface area contributed by atoms with Crippen LogP contribution in [0.5, 0.6) is 0 Å². The van der Waals surface area contributed by atoms with Gasteiger partial charge >= 0.3 is 0 Å². The van der Waals surface area contributed by atoms with Gasteiger partial charge in [-0.1, -0.05) is 13.8 Å². The molecule has 2 aromatic heterocycles. The maximum atomic E-state index is 4.62. The normalized spacial score (nSPS) is 11.3. The third kappa shape index (κ3) is 3.22. The molecule has 5 heteroatoms. The van der Waals surface area contributed by atoms with Gasteiger partial charge in [0, 0.05) is 23.5 Å². The molecule has 2 heterocycles. The van der Waals surface area contributed by atoms with Crippen molar-refractivity contribution in [3.8, 4) is 5.82 Å². The van der Waals surface area contributed by atoms with Crippen molar-refractivity contribution in [1.29, 1.82) is 0 Å². The topological polar surface area (TPSA) is 55.6 Å². The first-order valence-electron chi connectivity index (χ1n) is 7.06. The average Bonchev–Trinajstić information content (AvgIpc) is 2.66. The van der Waals surface area contributed by atoms with Crippen LogP contribution in [0.4, 0.5) is 0 Å². The predicted molar refractivity (Wildman–Crippen MR) is 80.2 cm³/mol. The largest absolute Gasteiger partial charge is 0.314 e. The quantitative estimate of drug-likeness (QED) is 0.906. The molecule has 0 aliphatic heterocycles. The molecule has 0 fully saturated rings. The van der Waals surface area contributed by atoms with Crippen LogP contribution in [-0.2, 0) is 6.42 Å². The molecule has 0 bridgehead atoms. The van der Waals surface area contributed by atoms with E-state index in [1.54, 1.807) is 6.33 Å². The number of aryl methyl sites for hydroxylation is 2. The Balaban J connectivity index is 2.24. The number of hydrogen-bond acceptors (Lipinski definition) is 4. The number of hydrogen-bond donors (Lipinski definition) is 1. The van der Waals surface area contributed by atoms with Gasteiger partial charge in [-0.3, -0.25) is 0 Å². The molecule has 20 heavy (non-hydrogen) atoms. The van der Waals surface area contributed by atoms with E-state index in [2.05, 4.69) is 48.1 Å². The molecule has 0 atom stereocenters. The van der Waals surface area contributed by atoms with Gasteiger partial charge in [0.25, 0.3) is 0 Å². The summed E-state index contributed by atoms with van der Waals surface area (Å²) < 4.78 is 1.91. The van der Waals surface area contributed by atoms with Gasteiger partial charge < -0.3 is 5.32 Å². The Morgan fingerprint density at radius 1 is 1.20 bits per heavy atom. The molecule has 1 N–H and O–H groups in total. The van der Waals surface area contributed by atoms with Crippen LogP contribution < -0.4 is 5.32 Å². The van der Waals surface area contributed by atoms with Gasteiger partial charge in [-0.25, -0.2) is 14.6 Å². The van der Waals surface area contributed by atoms with Crippen molar-refractivity contribution in [2.45, 2.75) is 47.1 Å². The Morgan fingerprint density at radius 2 is 1.95 bits per heavy atom. The maximum absolute atomic E-state index is 4.62. The van der Waals surface area contributed by atoms with E-state index in [-0.39, 0.29) is 0 Å². The number of rotatable bonds is 5. The highest BCUT2D eigenvalue weighted by Gasteiger charge is 2.13. The lowest BCUT2D eigenvalue weighted by Crippen LogP contribution is -2.25. The fourth-order valence-corrected chi connectivity index (χ4v) is 2.30. The minimum atomic E-state index is 0.509. The fourth-order valence-electron chi connectivity index (χ4n) is 2.30. The molecule has 2 aromatic rings. The van der Waals surface area contributed by atoms with Crippen LogP contribution in [0, 0.1) is 20.8 Å². The highest BCUT2D eigenvalue weighted by Crippen LogP contribution is 2.17. The smallest absolute Gasteiger partial charge is 0.157 e. The van der Waals surface area contributed by atoms with Gasteiger partial charge in [0.15, 0.2) is 5.82 Å². The summed E-state index contributed by atoms with van der Waals surface area (Å²) in [5, 5.41) is 8.06. The predicted octanol–water partition coefficient (Wildman–Crippen LogP) is 2.13. The van der Waals surface area contributed by atoms with E-state index in [1.165, 1.54) is 5.56 Å². The molecule has 0 aliphatic rings. The fraction of sp³-hybridized carbons (Fsp3) is 0.533. The second-order valence-corrected chi connectivity index (χ2v) is 5.44. The van der Waals surface area contributed by atoms with Crippen LogP contribution in [0.3, 0.4) is 0 Å². The molecule has 0 saturated heterocycles. The monoisotopic (exact) mass is 273 g/mol. The Hall–Kier alpha value is -1.75. The van der Waals surface area contributed by atoms with Crippen molar-refractivity contribution < 1.29 is 0 Å². The molecule has 108 valence electrons. The Morgan fingerprint density at radius 3 is 2.60 bits per heavy atom. The Labute approximate surface area is 120 Å². The van der Waals surface area contributed by atoms with E-state index in [0.717, 1.165) is 35.9 Å². The van der Waals surface area contributed by atoms with E-state index in [4.69, 9.17) is 0 Å². The molecule has 0 spiro atoms. The van der Waals surface area contributed by atoms with E-state index in [0.29, 0.717) is 6.04 Å². The summed E-state index contributed by atoms with van der Waals surface area (Å²) in [7, 11) is 0. The zero-order valence-corrected chi connectivity index (χ0v) is 12.9. The van der Waals surface area contributed by atoms with E-state index < -0.39 is 0 Å². The van der Waals surface area contributed by atoms with Crippen molar-refractivity contribution in [2.75, 3.05) is 6.54 Å². The van der Waals surface area contributed by atoms with E-state index in [1.807, 2.05) is 17.7 Å². The molecule has 0 radical (unpaired) electrons. The van der Waals surface area contributed by atoms with Gasteiger partial charge in [-0.15, -0.1) is 0 Å². The standard InChI is InChI=1S/C15H23N5/c1-10(2)16-7-6-14-12(4)19-20(13(14)5)15-8-11(3)17-9-18-15/h8-10,16H,6-7H2,1-5H3. The number of nitrogens with one attached hydrogen (secondary N) is 1. The van der Waals surface area contributed by atoms with Crippen LogP contribution in [0.2, 0.25) is 0 Å². The van der Waals surface area contributed by atoms with Crippen LogP contribution in [0.25, 0.3) is 5.82 Å². The third-order valence-electron chi connectivity index (χ3n) is 3.38. The lowest BCUT2D eigenvalue weighted by molar-refractivity contribution is 0.589. The summed E-state index contributed by atoms with van der Waals surface area (Å²) >= 11 is 0. The minimum Gasteiger partial charge on any atom is -0.314 e. The van der Waals surface area contributed by atoms with Gasteiger partial charge in [0.05, 0.1) is 5.69 Å². The van der Waals surface area contributed by atoms with Crippen LogP contribution in [0.15, 0.2) is 12.4 Å². The first kappa shape index (κ1) is 14.7. The minimum absolute atomic E-state index is 0.509. The summed E-state index contributed by atoms with van der Waals surface area (Å²) in [6.07, 6.45) is 2.57. The summed E-state index contributed by atoms with van der Waals surface area (Å²) in [4.78, 5) is 8.44. The first-order valence-corrected chi connectivity index (χ1v) is 7.06. The molecule has 0 aliphatic carbocycles. The van der Waals surface area contributed by atoms with Crippen LogP contribution >= 0.6 is 0 Å². The third-order valence-corrected chi connectivity index (χ3v) is 3.38. The van der Waals surface area contributed by atoms with Crippen molar-refractivity contribution in [2.24, 2.45) is 0 Å². The highest BCUT2D eigenvalue weighted by molar-refractivity contribution is 5.32. The maximum Gasteiger partial charge on any atom is 0.157 e. The highest BCUT2D eigenvalue weighted by atomic mass is 15.3.